The fraction of sp³-hybridized carbons (Fsp3) is 0.526. The van der Waals surface area contributed by atoms with E-state index in [-0.39, 0.29) is 12.5 Å². The molecule has 0 radical (unpaired) electrons. The van der Waals surface area contributed by atoms with Gasteiger partial charge in [-0.3, -0.25) is 4.79 Å². The van der Waals surface area contributed by atoms with Gasteiger partial charge in [0.05, 0.1) is 11.2 Å². The first kappa shape index (κ1) is 23.2. The van der Waals surface area contributed by atoms with Crippen LogP contribution in [-0.2, 0) is 14.1 Å². The highest BCUT2D eigenvalue weighted by Crippen LogP contribution is 2.39. The second-order valence-electron chi connectivity index (χ2n) is 7.75. The Kier molecular flexibility index (Phi) is 6.69. The molecule has 5 nitrogen and oxygen atoms in total. The third-order valence-electron chi connectivity index (χ3n) is 4.82. The molecular formula is C19H24BF4NO4. The lowest BCUT2D eigenvalue weighted by Gasteiger charge is -2.32. The van der Waals surface area contributed by atoms with Gasteiger partial charge in [-0.2, -0.15) is 17.6 Å². The van der Waals surface area contributed by atoms with Crippen LogP contribution in [0.4, 0.5) is 17.6 Å². The van der Waals surface area contributed by atoms with Crippen molar-refractivity contribution in [3.05, 3.63) is 35.3 Å². The smallest absolute Gasteiger partial charge is 0.428 e. The molecule has 2 rings (SSSR count). The number of benzene rings is 1. The van der Waals surface area contributed by atoms with Gasteiger partial charge in [-0.25, -0.2) is 0 Å². The largest absolute Gasteiger partial charge is 0.492 e. The van der Waals surface area contributed by atoms with E-state index in [2.05, 4.69) is 10.1 Å². The van der Waals surface area contributed by atoms with Crippen LogP contribution in [0.15, 0.2) is 29.7 Å². The molecule has 160 valence electrons. The molecule has 29 heavy (non-hydrogen) atoms. The number of alkyl halides is 4. The van der Waals surface area contributed by atoms with Crippen molar-refractivity contribution in [2.24, 2.45) is 0 Å². The zero-order valence-electron chi connectivity index (χ0n) is 16.9. The number of rotatable bonds is 7. The molecule has 1 aliphatic rings. The van der Waals surface area contributed by atoms with Crippen LogP contribution in [0.3, 0.4) is 0 Å². The predicted octanol–water partition coefficient (Wildman–Crippen LogP) is 4.07. The van der Waals surface area contributed by atoms with Gasteiger partial charge in [0.2, 0.25) is 5.91 Å². The van der Waals surface area contributed by atoms with E-state index >= 15 is 0 Å². The van der Waals surface area contributed by atoms with Crippen molar-refractivity contribution < 1.29 is 36.4 Å². The first-order valence-electron chi connectivity index (χ1n) is 8.99. The Bertz CT molecular complexity index is 767. The van der Waals surface area contributed by atoms with Crippen LogP contribution in [0, 0.1) is 0 Å². The Labute approximate surface area is 167 Å². The number of ether oxygens (including phenoxy) is 1. The Balaban J connectivity index is 2.32. The number of carbonyl (C=O) groups is 1. The molecule has 1 amide bonds. The van der Waals surface area contributed by atoms with Crippen LogP contribution < -0.4 is 10.1 Å². The summed E-state index contributed by atoms with van der Waals surface area (Å²) in [6.07, 6.45) is -6.99. The molecule has 0 aliphatic carbocycles. The molecule has 0 atom stereocenters. The van der Waals surface area contributed by atoms with Gasteiger partial charge in [0.1, 0.15) is 5.75 Å². The standard InChI is InChI=1S/C19H24BF4NO4/c1-12(26)25-11-14(20-28-17(2,3)18(4,5)29-20)9-13-7-6-8-15(10-13)27-19(23,24)16(21)22/h6-10,16H,11H2,1-5H3,(H,25,26). The maximum absolute atomic E-state index is 13.2. The summed E-state index contributed by atoms with van der Waals surface area (Å²) in [4.78, 5) is 11.4. The zero-order chi connectivity index (χ0) is 22.0. The fourth-order valence-corrected chi connectivity index (χ4v) is 2.51. The average Bonchev–Trinajstić information content (AvgIpc) is 2.78. The van der Waals surface area contributed by atoms with Crippen LogP contribution in [-0.4, -0.2) is 43.3 Å². The predicted molar refractivity (Wildman–Crippen MR) is 101 cm³/mol. The summed E-state index contributed by atoms with van der Waals surface area (Å²) in [6, 6.07) is 5.31. The number of hydrogen-bond acceptors (Lipinski definition) is 4. The minimum Gasteiger partial charge on any atom is -0.428 e. The van der Waals surface area contributed by atoms with E-state index in [0.29, 0.717) is 11.0 Å². The number of nitrogens with one attached hydrogen (secondary N) is 1. The highest BCUT2D eigenvalue weighted by molar-refractivity contribution is 6.56. The molecule has 0 spiro atoms. The number of halogens is 4. The Morgan fingerprint density at radius 2 is 1.83 bits per heavy atom. The van der Waals surface area contributed by atoms with E-state index in [1.54, 1.807) is 12.1 Å². The minimum atomic E-state index is -4.60. The lowest BCUT2D eigenvalue weighted by Crippen LogP contribution is -2.41. The topological polar surface area (TPSA) is 56.8 Å². The van der Waals surface area contributed by atoms with E-state index < -0.39 is 36.6 Å². The van der Waals surface area contributed by atoms with Crippen molar-refractivity contribution >= 4 is 19.1 Å². The molecule has 1 N–H and O–H groups in total. The van der Waals surface area contributed by atoms with Gasteiger partial charge in [0.15, 0.2) is 0 Å². The van der Waals surface area contributed by atoms with E-state index in [4.69, 9.17) is 9.31 Å². The maximum atomic E-state index is 13.2. The molecule has 1 aromatic rings. The Morgan fingerprint density at radius 1 is 1.24 bits per heavy atom. The van der Waals surface area contributed by atoms with Crippen molar-refractivity contribution in [2.45, 2.75) is 58.4 Å². The molecule has 1 aliphatic heterocycles. The van der Waals surface area contributed by atoms with Crippen molar-refractivity contribution in [3.8, 4) is 5.75 Å². The van der Waals surface area contributed by atoms with Gasteiger partial charge in [0.25, 0.3) is 0 Å². The van der Waals surface area contributed by atoms with Crippen LogP contribution >= 0.6 is 0 Å². The van der Waals surface area contributed by atoms with E-state index in [1.165, 1.54) is 19.1 Å². The number of amides is 1. The van der Waals surface area contributed by atoms with E-state index in [9.17, 15) is 22.4 Å². The van der Waals surface area contributed by atoms with Crippen molar-refractivity contribution in [2.75, 3.05) is 6.54 Å². The second-order valence-corrected chi connectivity index (χ2v) is 7.75. The SMILES string of the molecule is CC(=O)NCC(=Cc1cccc(OC(F)(F)C(F)F)c1)B1OC(C)(C)C(C)(C)O1. The molecule has 1 aromatic carbocycles. The zero-order valence-corrected chi connectivity index (χ0v) is 16.9. The van der Waals surface area contributed by atoms with Crippen LogP contribution in [0.1, 0.15) is 40.2 Å². The Hall–Kier alpha value is -2.07. The first-order chi connectivity index (χ1) is 13.2. The highest BCUT2D eigenvalue weighted by Gasteiger charge is 2.52. The average molecular weight is 417 g/mol. The normalized spacial score (nSPS) is 18.8. The molecule has 0 aromatic heterocycles. The van der Waals surface area contributed by atoms with Crippen molar-refractivity contribution in [1.29, 1.82) is 0 Å². The van der Waals surface area contributed by atoms with Crippen LogP contribution in [0.2, 0.25) is 0 Å². The van der Waals surface area contributed by atoms with Gasteiger partial charge < -0.3 is 19.4 Å². The van der Waals surface area contributed by atoms with Gasteiger partial charge in [-0.15, -0.1) is 0 Å². The summed E-state index contributed by atoms with van der Waals surface area (Å²) in [5.74, 6) is -0.696. The third-order valence-corrected chi connectivity index (χ3v) is 4.82. The van der Waals surface area contributed by atoms with E-state index in [0.717, 1.165) is 6.07 Å². The Morgan fingerprint density at radius 3 is 2.34 bits per heavy atom. The van der Waals surface area contributed by atoms with E-state index in [1.807, 2.05) is 27.7 Å². The summed E-state index contributed by atoms with van der Waals surface area (Å²) in [6.45, 7) is 8.90. The minimum absolute atomic E-state index is 0.0877. The fourth-order valence-electron chi connectivity index (χ4n) is 2.51. The molecule has 1 saturated heterocycles. The summed E-state index contributed by atoms with van der Waals surface area (Å²) >= 11 is 0. The molecule has 10 heteroatoms. The van der Waals surface area contributed by atoms with Crippen molar-refractivity contribution in [3.63, 3.8) is 0 Å². The van der Waals surface area contributed by atoms with Crippen LogP contribution in [0.25, 0.3) is 6.08 Å². The lowest BCUT2D eigenvalue weighted by molar-refractivity contribution is -0.253. The third kappa shape index (κ3) is 5.73. The second kappa shape index (κ2) is 8.35. The highest BCUT2D eigenvalue weighted by atomic mass is 19.3. The van der Waals surface area contributed by atoms with Gasteiger partial charge in [-0.1, -0.05) is 18.2 Å². The molecule has 0 saturated carbocycles. The first-order valence-corrected chi connectivity index (χ1v) is 8.99. The molecule has 0 unspecified atom stereocenters. The molecule has 1 heterocycles. The molecular weight excluding hydrogens is 393 g/mol. The van der Waals surface area contributed by atoms with Crippen LogP contribution in [0.5, 0.6) is 5.75 Å². The van der Waals surface area contributed by atoms with Gasteiger partial charge in [0, 0.05) is 13.5 Å². The van der Waals surface area contributed by atoms with Crippen molar-refractivity contribution in [1.82, 2.24) is 5.32 Å². The summed E-state index contributed by atoms with van der Waals surface area (Å²) < 4.78 is 67.2. The summed E-state index contributed by atoms with van der Waals surface area (Å²) in [5, 5.41) is 2.65. The van der Waals surface area contributed by atoms with Gasteiger partial charge >= 0.3 is 19.7 Å². The molecule has 0 bridgehead atoms. The van der Waals surface area contributed by atoms with Gasteiger partial charge in [-0.05, 0) is 50.9 Å². The maximum Gasteiger partial charge on any atom is 0.492 e. The monoisotopic (exact) mass is 417 g/mol. The lowest BCUT2D eigenvalue weighted by atomic mass is 9.77. The number of carbonyl (C=O) groups excluding carboxylic acids is 1. The summed E-state index contributed by atoms with van der Waals surface area (Å²) in [5.41, 5.74) is -0.339. The quantitative estimate of drug-likeness (QED) is 0.537. The molecule has 1 fully saturated rings. The number of hydrogen-bond donors (Lipinski definition) is 1. The summed E-state index contributed by atoms with van der Waals surface area (Å²) in [7, 11) is -0.793.